The van der Waals surface area contributed by atoms with Crippen LogP contribution in [0.5, 0.6) is 0 Å². The molecule has 35 heavy (non-hydrogen) atoms. The van der Waals surface area contributed by atoms with Gasteiger partial charge in [-0.1, -0.05) is 107 Å². The van der Waals surface area contributed by atoms with Crippen LogP contribution >= 0.6 is 0 Å². The number of benzene rings is 4. The first-order valence-electron chi connectivity index (χ1n) is 12.6. The topological polar surface area (TPSA) is 3.24 Å². The van der Waals surface area contributed by atoms with Crippen molar-refractivity contribution in [2.24, 2.45) is 0 Å². The third kappa shape index (κ3) is 3.01. The Morgan fingerprint density at radius 1 is 0.686 bits per heavy atom. The number of anilines is 1. The fraction of sp³-hybridized carbons (Fsp3) is 0.235. The molecule has 1 heterocycles. The maximum atomic E-state index is 2.37. The van der Waals surface area contributed by atoms with Crippen LogP contribution in [0.3, 0.4) is 0 Å². The smallest absolute Gasteiger partial charge is 0.0454 e. The molecule has 174 valence electrons. The van der Waals surface area contributed by atoms with Gasteiger partial charge in [-0.2, -0.15) is 0 Å². The molecule has 1 heteroatoms. The third-order valence-electron chi connectivity index (χ3n) is 8.45. The predicted molar refractivity (Wildman–Crippen MR) is 152 cm³/mol. The van der Waals surface area contributed by atoms with Crippen LogP contribution in [-0.2, 0) is 10.8 Å². The van der Waals surface area contributed by atoms with Crippen LogP contribution in [0, 0.1) is 0 Å². The number of allylic oxidation sites excluding steroid dienone is 6. The van der Waals surface area contributed by atoms with Gasteiger partial charge in [-0.05, 0) is 68.4 Å². The zero-order valence-electron chi connectivity index (χ0n) is 21.6. The Kier molecular flexibility index (Phi) is 4.67. The lowest BCUT2D eigenvalue weighted by Gasteiger charge is -2.25. The van der Waals surface area contributed by atoms with Gasteiger partial charge in [0.2, 0.25) is 0 Å². The second-order valence-electron chi connectivity index (χ2n) is 11.1. The zero-order valence-corrected chi connectivity index (χ0v) is 21.6. The second-order valence-corrected chi connectivity index (χ2v) is 11.1. The molecule has 0 fully saturated rings. The van der Waals surface area contributed by atoms with Gasteiger partial charge in [-0.3, -0.25) is 0 Å². The molecule has 1 nitrogen and oxygen atoms in total. The van der Waals surface area contributed by atoms with Crippen molar-refractivity contribution in [1.82, 2.24) is 0 Å². The van der Waals surface area contributed by atoms with E-state index >= 15 is 0 Å². The highest BCUT2D eigenvalue weighted by Crippen LogP contribution is 2.51. The molecular formula is C34H33N. The third-order valence-corrected chi connectivity index (χ3v) is 8.45. The molecule has 0 aromatic heterocycles. The Hall–Kier alpha value is -3.58. The summed E-state index contributed by atoms with van der Waals surface area (Å²) in [6, 6.07) is 26.6. The van der Waals surface area contributed by atoms with E-state index < -0.39 is 0 Å². The monoisotopic (exact) mass is 455 g/mol. The lowest BCUT2D eigenvalue weighted by molar-refractivity contribution is 0.644. The quantitative estimate of drug-likeness (QED) is 0.292. The van der Waals surface area contributed by atoms with Crippen LogP contribution in [0.1, 0.15) is 51.3 Å². The summed E-state index contributed by atoms with van der Waals surface area (Å²) in [4.78, 5) is 2.37. The number of hydrogen-bond acceptors (Lipinski definition) is 1. The number of rotatable bonds is 2. The van der Waals surface area contributed by atoms with E-state index in [2.05, 4.69) is 138 Å². The SMILES string of the molecule is CC1=C(/C=C/C=C2/N(C)c3ccc4ccccc4c3C2(C)C)C(C)(C)c2c1ccc1ccccc21. The number of hydrogen-bond donors (Lipinski definition) is 0. The van der Waals surface area contributed by atoms with Gasteiger partial charge in [0.1, 0.15) is 0 Å². The lowest BCUT2D eigenvalue weighted by atomic mass is 9.78. The molecule has 1 aliphatic carbocycles. The summed E-state index contributed by atoms with van der Waals surface area (Å²) in [7, 11) is 2.20. The molecule has 0 saturated heterocycles. The van der Waals surface area contributed by atoms with Crippen molar-refractivity contribution >= 4 is 32.8 Å². The van der Waals surface area contributed by atoms with Gasteiger partial charge in [-0.15, -0.1) is 0 Å². The van der Waals surface area contributed by atoms with Crippen molar-refractivity contribution in [2.75, 3.05) is 11.9 Å². The molecule has 0 bridgehead atoms. The summed E-state index contributed by atoms with van der Waals surface area (Å²) in [5.74, 6) is 0. The van der Waals surface area contributed by atoms with Crippen molar-refractivity contribution in [3.63, 3.8) is 0 Å². The Morgan fingerprint density at radius 3 is 1.97 bits per heavy atom. The molecule has 0 saturated carbocycles. The zero-order chi connectivity index (χ0) is 24.5. The molecule has 0 amide bonds. The summed E-state index contributed by atoms with van der Waals surface area (Å²) in [5, 5.41) is 5.35. The molecule has 0 spiro atoms. The summed E-state index contributed by atoms with van der Waals surface area (Å²) in [6.07, 6.45) is 6.95. The number of nitrogens with zero attached hydrogens (tertiary/aromatic N) is 1. The molecule has 4 aromatic carbocycles. The highest BCUT2D eigenvalue weighted by Gasteiger charge is 2.40. The minimum absolute atomic E-state index is 0.0362. The van der Waals surface area contributed by atoms with Crippen molar-refractivity contribution in [1.29, 1.82) is 0 Å². The van der Waals surface area contributed by atoms with E-state index in [4.69, 9.17) is 0 Å². The Labute approximate surface area is 209 Å². The number of likely N-dealkylation sites (N-methyl/N-ethyl adjacent to an activating group) is 1. The van der Waals surface area contributed by atoms with Crippen LogP contribution in [0.2, 0.25) is 0 Å². The van der Waals surface area contributed by atoms with Gasteiger partial charge >= 0.3 is 0 Å². The van der Waals surface area contributed by atoms with E-state index in [0.717, 1.165) is 0 Å². The van der Waals surface area contributed by atoms with Crippen LogP contribution in [-0.4, -0.2) is 7.05 Å². The van der Waals surface area contributed by atoms with E-state index in [1.165, 1.54) is 60.8 Å². The van der Waals surface area contributed by atoms with Crippen LogP contribution in [0.15, 0.2) is 102 Å². The molecular weight excluding hydrogens is 422 g/mol. The Bertz CT molecular complexity index is 1610. The normalized spacial score (nSPS) is 19.4. The first-order chi connectivity index (χ1) is 16.7. The van der Waals surface area contributed by atoms with Crippen LogP contribution in [0.25, 0.3) is 27.1 Å². The molecule has 4 aromatic rings. The van der Waals surface area contributed by atoms with Gasteiger partial charge in [-0.25, -0.2) is 0 Å². The minimum Gasteiger partial charge on any atom is -0.347 e. The highest BCUT2D eigenvalue weighted by molar-refractivity contribution is 5.97. The molecule has 0 atom stereocenters. The maximum absolute atomic E-state index is 2.37. The van der Waals surface area contributed by atoms with Gasteiger partial charge in [0.05, 0.1) is 0 Å². The van der Waals surface area contributed by atoms with E-state index in [9.17, 15) is 0 Å². The van der Waals surface area contributed by atoms with E-state index in [1.54, 1.807) is 0 Å². The van der Waals surface area contributed by atoms with Gasteiger partial charge < -0.3 is 4.90 Å². The molecule has 1 aliphatic heterocycles. The molecule has 0 radical (unpaired) electrons. The summed E-state index contributed by atoms with van der Waals surface area (Å²) in [5.41, 5.74) is 9.60. The molecule has 0 unspecified atom stereocenters. The average molecular weight is 456 g/mol. The number of fused-ring (bicyclic) bond motifs is 6. The Balaban J connectivity index is 1.42. The molecule has 6 rings (SSSR count). The van der Waals surface area contributed by atoms with E-state index in [-0.39, 0.29) is 10.8 Å². The van der Waals surface area contributed by atoms with E-state index in [0.29, 0.717) is 0 Å². The van der Waals surface area contributed by atoms with Crippen molar-refractivity contribution < 1.29 is 0 Å². The average Bonchev–Trinajstić information content (AvgIpc) is 3.17. The minimum atomic E-state index is -0.0664. The first-order valence-corrected chi connectivity index (χ1v) is 12.6. The fourth-order valence-electron chi connectivity index (χ4n) is 6.77. The standard InChI is InChI=1S/C34H33N/c1-22-25-20-18-23-12-7-9-14-26(23)31(25)33(2,3)28(22)16-11-17-30-34(4,5)32-27-15-10-8-13-24(27)19-21-29(32)35(30)6/h7-21H,1-6H3/b16-11+,30-17+. The van der Waals surface area contributed by atoms with Crippen molar-refractivity contribution in [2.45, 2.75) is 45.4 Å². The largest absolute Gasteiger partial charge is 0.347 e. The fourth-order valence-corrected chi connectivity index (χ4v) is 6.77. The van der Waals surface area contributed by atoms with Gasteiger partial charge in [0.15, 0.2) is 0 Å². The first kappa shape index (κ1) is 21.9. The van der Waals surface area contributed by atoms with Gasteiger partial charge in [0, 0.05) is 29.3 Å². The van der Waals surface area contributed by atoms with Crippen molar-refractivity contribution in [3.8, 4) is 0 Å². The van der Waals surface area contributed by atoms with Crippen LogP contribution < -0.4 is 4.90 Å². The molecule has 0 N–H and O–H groups in total. The highest BCUT2D eigenvalue weighted by atomic mass is 15.2. The second kappa shape index (κ2) is 7.46. The van der Waals surface area contributed by atoms with Crippen molar-refractivity contribution in [3.05, 3.63) is 119 Å². The summed E-state index contributed by atoms with van der Waals surface area (Å²) in [6.45, 7) is 11.7. The van der Waals surface area contributed by atoms with Crippen LogP contribution in [0.4, 0.5) is 5.69 Å². The summed E-state index contributed by atoms with van der Waals surface area (Å²) >= 11 is 0. The Morgan fingerprint density at radius 2 is 1.29 bits per heavy atom. The predicted octanol–water partition coefficient (Wildman–Crippen LogP) is 8.93. The maximum Gasteiger partial charge on any atom is 0.0454 e. The summed E-state index contributed by atoms with van der Waals surface area (Å²) < 4.78 is 0. The lowest BCUT2D eigenvalue weighted by Crippen LogP contribution is -2.22. The van der Waals surface area contributed by atoms with Gasteiger partial charge in [0.25, 0.3) is 0 Å². The van der Waals surface area contributed by atoms with E-state index in [1.807, 2.05) is 0 Å². The molecule has 2 aliphatic rings.